The van der Waals surface area contributed by atoms with Crippen LogP contribution in [0.5, 0.6) is 0 Å². The number of piperidine rings is 1. The number of ether oxygens (including phenoxy) is 1. The standard InChI is InChI=1S/C23H26F2N2O3/c1-15-9-16(7-8-20(15)24)18-10-19(13-27(12-18)22(28)14-30-2)23(29)26-11-17-5-3-4-6-21(17)25/h3-9,18-19H,10-14H2,1-2H3,(H,26,29)/t18-,19+/m0/s1. The van der Waals surface area contributed by atoms with Crippen LogP contribution in [0.15, 0.2) is 42.5 Å². The fraction of sp³-hybridized carbons (Fsp3) is 0.391. The summed E-state index contributed by atoms with van der Waals surface area (Å²) < 4.78 is 32.5. The maximum absolute atomic E-state index is 13.8. The number of carbonyl (C=O) groups excluding carboxylic acids is 2. The number of methoxy groups -OCH3 is 1. The molecule has 1 N–H and O–H groups in total. The third-order valence-corrected chi connectivity index (χ3v) is 5.51. The number of likely N-dealkylation sites (tertiary alicyclic amines) is 1. The summed E-state index contributed by atoms with van der Waals surface area (Å²) in [7, 11) is 1.45. The van der Waals surface area contributed by atoms with E-state index in [-0.39, 0.29) is 49.1 Å². The van der Waals surface area contributed by atoms with Crippen LogP contribution in [0.2, 0.25) is 0 Å². The number of hydrogen-bond donors (Lipinski definition) is 1. The van der Waals surface area contributed by atoms with Crippen LogP contribution in [0.25, 0.3) is 0 Å². The summed E-state index contributed by atoms with van der Waals surface area (Å²) in [6, 6.07) is 11.1. The fourth-order valence-electron chi connectivity index (χ4n) is 3.84. The Labute approximate surface area is 175 Å². The number of hydrogen-bond acceptors (Lipinski definition) is 3. The Balaban J connectivity index is 1.76. The first kappa shape index (κ1) is 21.9. The predicted molar refractivity (Wildman–Crippen MR) is 109 cm³/mol. The van der Waals surface area contributed by atoms with Crippen LogP contribution >= 0.6 is 0 Å². The van der Waals surface area contributed by atoms with E-state index in [1.165, 1.54) is 19.2 Å². The average Bonchev–Trinajstić information content (AvgIpc) is 2.74. The molecular weight excluding hydrogens is 390 g/mol. The fourth-order valence-corrected chi connectivity index (χ4v) is 3.84. The van der Waals surface area contributed by atoms with Gasteiger partial charge in [-0.25, -0.2) is 8.78 Å². The topological polar surface area (TPSA) is 58.6 Å². The predicted octanol–water partition coefficient (Wildman–Crippen LogP) is 3.17. The minimum atomic E-state index is -0.457. The lowest BCUT2D eigenvalue weighted by Crippen LogP contribution is -2.48. The Hall–Kier alpha value is -2.80. The number of amides is 2. The van der Waals surface area contributed by atoms with E-state index >= 15 is 0 Å². The largest absolute Gasteiger partial charge is 0.375 e. The molecule has 5 nitrogen and oxygen atoms in total. The van der Waals surface area contributed by atoms with Crippen molar-refractivity contribution in [3.8, 4) is 0 Å². The number of nitrogens with zero attached hydrogens (tertiary/aromatic N) is 1. The molecule has 1 aliphatic rings. The molecule has 0 unspecified atom stereocenters. The molecule has 3 rings (SSSR count). The molecule has 0 spiro atoms. The molecule has 0 aromatic heterocycles. The van der Waals surface area contributed by atoms with Crippen LogP contribution in [0.3, 0.4) is 0 Å². The third-order valence-electron chi connectivity index (χ3n) is 5.51. The van der Waals surface area contributed by atoms with Gasteiger partial charge in [0.05, 0.1) is 5.92 Å². The van der Waals surface area contributed by atoms with Gasteiger partial charge in [0.2, 0.25) is 11.8 Å². The van der Waals surface area contributed by atoms with Crippen LogP contribution < -0.4 is 5.32 Å². The van der Waals surface area contributed by atoms with Gasteiger partial charge < -0.3 is 15.0 Å². The van der Waals surface area contributed by atoms with E-state index in [0.717, 1.165) is 5.56 Å². The summed E-state index contributed by atoms with van der Waals surface area (Å²) in [5, 5.41) is 2.79. The number of carbonyl (C=O) groups is 2. The highest BCUT2D eigenvalue weighted by atomic mass is 19.1. The van der Waals surface area contributed by atoms with E-state index in [4.69, 9.17) is 4.74 Å². The lowest BCUT2D eigenvalue weighted by molar-refractivity contribution is -0.139. The molecule has 0 bridgehead atoms. The molecule has 1 heterocycles. The number of aryl methyl sites for hydroxylation is 1. The first-order chi connectivity index (χ1) is 14.4. The van der Waals surface area contributed by atoms with Crippen molar-refractivity contribution in [2.24, 2.45) is 5.92 Å². The van der Waals surface area contributed by atoms with Crippen molar-refractivity contribution >= 4 is 11.8 Å². The van der Waals surface area contributed by atoms with E-state index in [2.05, 4.69) is 5.32 Å². The first-order valence-corrected chi connectivity index (χ1v) is 9.93. The quantitative estimate of drug-likeness (QED) is 0.787. The van der Waals surface area contributed by atoms with Crippen molar-refractivity contribution in [3.05, 3.63) is 70.8 Å². The summed E-state index contributed by atoms with van der Waals surface area (Å²) in [6.07, 6.45) is 0.519. The smallest absolute Gasteiger partial charge is 0.248 e. The molecule has 2 aromatic rings. The van der Waals surface area contributed by atoms with Gasteiger partial charge in [-0.2, -0.15) is 0 Å². The summed E-state index contributed by atoms with van der Waals surface area (Å²) >= 11 is 0. The molecule has 0 radical (unpaired) electrons. The Bertz CT molecular complexity index is 919. The SMILES string of the molecule is COCC(=O)N1C[C@H](C(=O)NCc2ccccc2F)C[C@H](c2ccc(F)c(C)c2)C1. The molecule has 2 amide bonds. The van der Waals surface area contributed by atoms with Gasteiger partial charge in [0.25, 0.3) is 0 Å². The van der Waals surface area contributed by atoms with Crippen molar-refractivity contribution in [1.82, 2.24) is 10.2 Å². The van der Waals surface area contributed by atoms with Crippen LogP contribution in [-0.4, -0.2) is 43.5 Å². The van der Waals surface area contributed by atoms with Gasteiger partial charge in [0.1, 0.15) is 18.2 Å². The van der Waals surface area contributed by atoms with Crippen LogP contribution in [0.4, 0.5) is 8.78 Å². The van der Waals surface area contributed by atoms with Gasteiger partial charge in [-0.05, 0) is 36.6 Å². The van der Waals surface area contributed by atoms with Gasteiger partial charge in [0.15, 0.2) is 0 Å². The summed E-state index contributed by atoms with van der Waals surface area (Å²) in [5.74, 6) is -1.67. The molecule has 0 saturated carbocycles. The van der Waals surface area contributed by atoms with Gasteiger partial charge in [-0.15, -0.1) is 0 Å². The van der Waals surface area contributed by atoms with Crippen molar-refractivity contribution in [3.63, 3.8) is 0 Å². The number of benzene rings is 2. The van der Waals surface area contributed by atoms with Crippen LogP contribution in [-0.2, 0) is 20.9 Å². The summed E-state index contributed by atoms with van der Waals surface area (Å²) in [5.41, 5.74) is 1.81. The molecule has 0 aliphatic carbocycles. The van der Waals surface area contributed by atoms with Crippen molar-refractivity contribution in [2.75, 3.05) is 26.8 Å². The second-order valence-corrected chi connectivity index (χ2v) is 7.68. The number of rotatable bonds is 6. The van der Waals surface area contributed by atoms with Crippen molar-refractivity contribution in [1.29, 1.82) is 0 Å². The van der Waals surface area contributed by atoms with E-state index in [1.807, 2.05) is 0 Å². The molecule has 7 heteroatoms. The van der Waals surface area contributed by atoms with Gasteiger partial charge in [-0.1, -0.05) is 30.3 Å². The summed E-state index contributed by atoms with van der Waals surface area (Å²) in [6.45, 7) is 2.40. The van der Waals surface area contributed by atoms with Gasteiger partial charge in [0, 0.05) is 38.2 Å². The molecule has 1 fully saturated rings. The maximum atomic E-state index is 13.8. The lowest BCUT2D eigenvalue weighted by atomic mass is 9.83. The summed E-state index contributed by atoms with van der Waals surface area (Å²) in [4.78, 5) is 26.9. The maximum Gasteiger partial charge on any atom is 0.248 e. The molecule has 30 heavy (non-hydrogen) atoms. The second kappa shape index (κ2) is 9.80. The third kappa shape index (κ3) is 5.21. The number of nitrogens with one attached hydrogen (secondary N) is 1. The molecule has 2 aromatic carbocycles. The van der Waals surface area contributed by atoms with Gasteiger partial charge in [-0.3, -0.25) is 9.59 Å². The first-order valence-electron chi connectivity index (χ1n) is 9.93. The highest BCUT2D eigenvalue weighted by molar-refractivity contribution is 5.82. The van der Waals surface area contributed by atoms with E-state index in [0.29, 0.717) is 24.1 Å². The van der Waals surface area contributed by atoms with E-state index in [9.17, 15) is 18.4 Å². The average molecular weight is 416 g/mol. The number of halogens is 2. The minimum Gasteiger partial charge on any atom is -0.375 e. The Morgan fingerprint density at radius 1 is 1.13 bits per heavy atom. The molecule has 1 saturated heterocycles. The highest BCUT2D eigenvalue weighted by Crippen LogP contribution is 2.31. The monoisotopic (exact) mass is 416 g/mol. The van der Waals surface area contributed by atoms with Crippen molar-refractivity contribution < 1.29 is 23.1 Å². The zero-order chi connectivity index (χ0) is 21.7. The molecular formula is C23H26F2N2O3. The molecule has 1 aliphatic heterocycles. The Kier molecular flexibility index (Phi) is 7.15. The molecule has 2 atom stereocenters. The normalized spacial score (nSPS) is 18.9. The van der Waals surface area contributed by atoms with E-state index in [1.54, 1.807) is 42.2 Å². The van der Waals surface area contributed by atoms with Crippen molar-refractivity contribution in [2.45, 2.75) is 25.8 Å². The zero-order valence-corrected chi connectivity index (χ0v) is 17.2. The Morgan fingerprint density at radius 3 is 2.60 bits per heavy atom. The van der Waals surface area contributed by atoms with Gasteiger partial charge >= 0.3 is 0 Å². The van der Waals surface area contributed by atoms with Crippen LogP contribution in [0.1, 0.15) is 29.0 Å². The Morgan fingerprint density at radius 2 is 1.90 bits per heavy atom. The zero-order valence-electron chi connectivity index (χ0n) is 17.2. The molecule has 160 valence electrons. The van der Waals surface area contributed by atoms with Crippen LogP contribution in [0, 0.1) is 24.5 Å². The van der Waals surface area contributed by atoms with E-state index < -0.39 is 5.92 Å². The minimum absolute atomic E-state index is 0.0707. The second-order valence-electron chi connectivity index (χ2n) is 7.68. The lowest BCUT2D eigenvalue weighted by Gasteiger charge is -2.37. The highest BCUT2D eigenvalue weighted by Gasteiger charge is 2.34.